The van der Waals surface area contributed by atoms with E-state index in [-0.39, 0.29) is 0 Å². The monoisotopic (exact) mass is 297 g/mol. The van der Waals surface area contributed by atoms with Crippen molar-refractivity contribution in [2.45, 2.75) is 43.4 Å². The van der Waals surface area contributed by atoms with Gasteiger partial charge in [0.25, 0.3) is 0 Å². The van der Waals surface area contributed by atoms with Crippen LogP contribution in [0.4, 0.5) is 0 Å². The number of rotatable bonds is 4. The molecular formula is C14H23N3O2S. The Bertz CT molecular complexity index is 420. The molecule has 2 saturated heterocycles. The summed E-state index contributed by atoms with van der Waals surface area (Å²) in [4.78, 5) is 7.16. The predicted molar refractivity (Wildman–Crippen MR) is 78.9 cm³/mol. The van der Waals surface area contributed by atoms with E-state index in [1.807, 2.05) is 0 Å². The van der Waals surface area contributed by atoms with E-state index < -0.39 is 0 Å². The van der Waals surface area contributed by atoms with E-state index >= 15 is 0 Å². The van der Waals surface area contributed by atoms with Crippen LogP contribution < -0.4 is 0 Å². The average Bonchev–Trinajstić information content (AvgIpc) is 2.97. The van der Waals surface area contributed by atoms with Crippen molar-refractivity contribution in [3.63, 3.8) is 0 Å². The first-order valence-electron chi connectivity index (χ1n) is 7.50. The molecule has 3 heterocycles. The third kappa shape index (κ3) is 3.35. The summed E-state index contributed by atoms with van der Waals surface area (Å²) < 4.78 is 10.9. The highest BCUT2D eigenvalue weighted by Gasteiger charge is 2.30. The van der Waals surface area contributed by atoms with Crippen LogP contribution in [0.15, 0.2) is 4.52 Å². The minimum Gasteiger partial charge on any atom is -0.381 e. The number of hydrogen-bond acceptors (Lipinski definition) is 6. The predicted octanol–water partition coefficient (Wildman–Crippen LogP) is 2.29. The van der Waals surface area contributed by atoms with Crippen LogP contribution in [0.3, 0.4) is 0 Å². The number of ether oxygens (including phenoxy) is 1. The minimum atomic E-state index is 0.412. The molecule has 0 aromatic carbocycles. The molecule has 0 saturated carbocycles. The van der Waals surface area contributed by atoms with Crippen molar-refractivity contribution in [2.24, 2.45) is 0 Å². The molecule has 5 nitrogen and oxygen atoms in total. The van der Waals surface area contributed by atoms with Crippen LogP contribution in [0.5, 0.6) is 0 Å². The number of nitrogens with zero attached hydrogens (tertiary/aromatic N) is 3. The van der Waals surface area contributed by atoms with Crippen LogP contribution >= 0.6 is 11.8 Å². The van der Waals surface area contributed by atoms with E-state index in [0.29, 0.717) is 12.0 Å². The number of aromatic nitrogens is 2. The average molecular weight is 297 g/mol. The summed E-state index contributed by atoms with van der Waals surface area (Å²) in [6.45, 7) is 4.08. The first-order chi connectivity index (χ1) is 9.86. The summed E-state index contributed by atoms with van der Waals surface area (Å²) in [5.41, 5.74) is 0. The molecule has 0 aliphatic carbocycles. The molecule has 0 amide bonds. The minimum absolute atomic E-state index is 0.412. The molecule has 112 valence electrons. The van der Waals surface area contributed by atoms with Gasteiger partial charge in [0.2, 0.25) is 5.89 Å². The smallest absolute Gasteiger partial charge is 0.231 e. The Labute approximate surface area is 124 Å². The lowest BCUT2D eigenvalue weighted by Crippen LogP contribution is -2.44. The summed E-state index contributed by atoms with van der Waals surface area (Å²) in [5.74, 6) is 2.91. The Morgan fingerprint density at radius 3 is 2.95 bits per heavy atom. The van der Waals surface area contributed by atoms with E-state index in [4.69, 9.17) is 9.26 Å². The van der Waals surface area contributed by atoms with E-state index in [1.165, 1.54) is 19.4 Å². The normalized spacial score (nSPS) is 25.9. The van der Waals surface area contributed by atoms with Gasteiger partial charge in [0.1, 0.15) is 0 Å². The number of likely N-dealkylation sites (tertiary alicyclic amines) is 1. The molecule has 1 aromatic rings. The van der Waals surface area contributed by atoms with Gasteiger partial charge in [-0.2, -0.15) is 16.7 Å². The van der Waals surface area contributed by atoms with Crippen molar-refractivity contribution in [3.8, 4) is 0 Å². The molecular weight excluding hydrogens is 274 g/mol. The van der Waals surface area contributed by atoms with E-state index in [0.717, 1.165) is 50.1 Å². The lowest BCUT2D eigenvalue weighted by Gasteiger charge is -2.38. The Balaban J connectivity index is 1.61. The van der Waals surface area contributed by atoms with Crippen LogP contribution in [0, 0.1) is 0 Å². The highest BCUT2D eigenvalue weighted by molar-refractivity contribution is 7.97. The quantitative estimate of drug-likeness (QED) is 0.850. The fourth-order valence-electron chi connectivity index (χ4n) is 3.21. The Kier molecular flexibility index (Phi) is 4.96. The van der Waals surface area contributed by atoms with Crippen molar-refractivity contribution >= 4 is 11.8 Å². The number of thioether (sulfide) groups is 1. The molecule has 2 aliphatic rings. The zero-order chi connectivity index (χ0) is 13.8. The molecule has 0 spiro atoms. The summed E-state index contributed by atoms with van der Waals surface area (Å²) >= 11 is 1.73. The van der Waals surface area contributed by atoms with Crippen LogP contribution in [-0.2, 0) is 10.5 Å². The highest BCUT2D eigenvalue weighted by Crippen LogP contribution is 2.29. The van der Waals surface area contributed by atoms with Crippen molar-refractivity contribution in [1.82, 2.24) is 15.0 Å². The van der Waals surface area contributed by atoms with E-state index in [2.05, 4.69) is 21.3 Å². The largest absolute Gasteiger partial charge is 0.381 e. The van der Waals surface area contributed by atoms with Gasteiger partial charge in [-0.15, -0.1) is 0 Å². The first-order valence-corrected chi connectivity index (χ1v) is 8.89. The molecule has 0 N–H and O–H groups in total. The maximum atomic E-state index is 5.47. The second kappa shape index (κ2) is 6.91. The van der Waals surface area contributed by atoms with Crippen LogP contribution in [-0.4, -0.2) is 53.6 Å². The van der Waals surface area contributed by atoms with Crippen LogP contribution in [0.1, 0.15) is 43.3 Å². The Morgan fingerprint density at radius 2 is 2.15 bits per heavy atom. The maximum absolute atomic E-state index is 5.47. The molecule has 0 bridgehead atoms. The van der Waals surface area contributed by atoms with Gasteiger partial charge < -0.3 is 9.26 Å². The SMILES string of the molecule is CSCc1noc([C@H]2CCCN(C3CCOCC3)C2)n1. The lowest BCUT2D eigenvalue weighted by molar-refractivity contribution is 0.0221. The maximum Gasteiger partial charge on any atom is 0.231 e. The molecule has 20 heavy (non-hydrogen) atoms. The van der Waals surface area contributed by atoms with Crippen LogP contribution in [0.25, 0.3) is 0 Å². The molecule has 1 aromatic heterocycles. The summed E-state index contributed by atoms with van der Waals surface area (Å²) in [6.07, 6.45) is 6.77. The fourth-order valence-corrected chi connectivity index (χ4v) is 3.59. The second-order valence-electron chi connectivity index (χ2n) is 5.66. The van der Waals surface area contributed by atoms with Gasteiger partial charge in [-0.25, -0.2) is 0 Å². The summed E-state index contributed by atoms with van der Waals surface area (Å²) in [6, 6.07) is 0.681. The van der Waals surface area contributed by atoms with Gasteiger partial charge >= 0.3 is 0 Å². The van der Waals surface area contributed by atoms with E-state index in [9.17, 15) is 0 Å². The van der Waals surface area contributed by atoms with Gasteiger partial charge in [-0.3, -0.25) is 4.90 Å². The van der Waals surface area contributed by atoms with Crippen LogP contribution in [0.2, 0.25) is 0 Å². The van der Waals surface area contributed by atoms with Gasteiger partial charge in [0.15, 0.2) is 5.82 Å². The molecule has 0 unspecified atom stereocenters. The third-order valence-corrected chi connectivity index (χ3v) is 4.81. The number of piperidine rings is 1. The van der Waals surface area contributed by atoms with Crippen molar-refractivity contribution in [3.05, 3.63) is 11.7 Å². The molecule has 0 radical (unpaired) electrons. The fraction of sp³-hybridized carbons (Fsp3) is 0.857. The summed E-state index contributed by atoms with van der Waals surface area (Å²) in [5, 5.41) is 4.07. The van der Waals surface area contributed by atoms with Gasteiger partial charge in [0.05, 0.1) is 11.7 Å². The van der Waals surface area contributed by atoms with Crippen molar-refractivity contribution in [2.75, 3.05) is 32.6 Å². The standard InChI is InChI=1S/C14H23N3O2S/c1-20-10-13-15-14(19-16-13)11-3-2-6-17(9-11)12-4-7-18-8-5-12/h11-12H,2-10H2,1H3/t11-/m0/s1. The second-order valence-corrected chi connectivity index (χ2v) is 6.53. The number of hydrogen-bond donors (Lipinski definition) is 0. The highest BCUT2D eigenvalue weighted by atomic mass is 32.2. The van der Waals surface area contributed by atoms with Gasteiger partial charge in [0, 0.05) is 25.8 Å². The van der Waals surface area contributed by atoms with Crippen molar-refractivity contribution < 1.29 is 9.26 Å². The molecule has 2 aliphatic heterocycles. The first kappa shape index (κ1) is 14.4. The van der Waals surface area contributed by atoms with Gasteiger partial charge in [-0.05, 0) is 38.5 Å². The molecule has 3 rings (SSSR count). The van der Waals surface area contributed by atoms with Crippen molar-refractivity contribution in [1.29, 1.82) is 0 Å². The lowest BCUT2D eigenvalue weighted by atomic mass is 9.95. The third-order valence-electron chi connectivity index (χ3n) is 4.27. The molecule has 6 heteroatoms. The zero-order valence-corrected chi connectivity index (χ0v) is 12.9. The molecule has 2 fully saturated rings. The topological polar surface area (TPSA) is 51.4 Å². The Hall–Kier alpha value is -0.590. The zero-order valence-electron chi connectivity index (χ0n) is 12.1. The van der Waals surface area contributed by atoms with E-state index in [1.54, 1.807) is 11.8 Å². The van der Waals surface area contributed by atoms with Gasteiger partial charge in [-0.1, -0.05) is 5.16 Å². The summed E-state index contributed by atoms with van der Waals surface area (Å²) in [7, 11) is 0. The Morgan fingerprint density at radius 1 is 1.30 bits per heavy atom. The molecule has 1 atom stereocenters.